The zero-order chi connectivity index (χ0) is 49.0. The number of rotatable bonds is 8. The minimum atomic E-state index is 0.622. The summed E-state index contributed by atoms with van der Waals surface area (Å²) in [6.45, 7) is 0. The lowest BCUT2D eigenvalue weighted by molar-refractivity contribution is 1.07. The summed E-state index contributed by atoms with van der Waals surface area (Å²) in [5.74, 6) is 1.89. The molecule has 0 amide bonds. The van der Waals surface area contributed by atoms with Crippen LogP contribution in [0.5, 0.6) is 0 Å². The van der Waals surface area contributed by atoms with Gasteiger partial charge in [0.25, 0.3) is 0 Å². The monoisotopic (exact) mass is 941 g/mol. The first-order valence-electron chi connectivity index (χ1n) is 25.0. The molecule has 0 atom stereocenters. The van der Waals surface area contributed by atoms with Crippen LogP contribution < -0.4 is 0 Å². The highest BCUT2D eigenvalue weighted by atomic mass is 15.0. The van der Waals surface area contributed by atoms with E-state index in [1.165, 1.54) is 32.5 Å². The van der Waals surface area contributed by atoms with Crippen molar-refractivity contribution in [3.05, 3.63) is 261 Å². The molecule has 74 heavy (non-hydrogen) atoms. The van der Waals surface area contributed by atoms with Gasteiger partial charge in [0.1, 0.15) is 0 Å². The number of fused-ring (bicyclic) bond motifs is 6. The predicted octanol–water partition coefficient (Wildman–Crippen LogP) is 17.8. The van der Waals surface area contributed by atoms with Crippen LogP contribution in [0.1, 0.15) is 0 Å². The Bertz CT molecular complexity index is 4380. The third kappa shape index (κ3) is 7.72. The molecule has 3 heterocycles. The zero-order valence-electron chi connectivity index (χ0n) is 40.1. The Kier molecular flexibility index (Phi) is 10.4. The van der Waals surface area contributed by atoms with Crippen molar-refractivity contribution in [2.24, 2.45) is 0 Å². The predicted molar refractivity (Wildman–Crippen MR) is 306 cm³/mol. The fourth-order valence-electron chi connectivity index (χ4n) is 10.8. The fourth-order valence-corrected chi connectivity index (χ4v) is 10.8. The number of hydrogen-bond donors (Lipinski definition) is 0. The van der Waals surface area contributed by atoms with Gasteiger partial charge in [-0.25, -0.2) is 19.9 Å². The van der Waals surface area contributed by atoms with Crippen LogP contribution in [-0.4, -0.2) is 24.9 Å². The summed E-state index contributed by atoms with van der Waals surface area (Å²) in [4.78, 5) is 24.8. The van der Waals surface area contributed by atoms with Crippen molar-refractivity contribution in [3.8, 4) is 89.9 Å². The maximum atomic E-state index is 5.23. The van der Waals surface area contributed by atoms with Gasteiger partial charge in [0.2, 0.25) is 0 Å². The normalized spacial score (nSPS) is 11.5. The van der Waals surface area contributed by atoms with Gasteiger partial charge in [-0.05, 0) is 137 Å². The van der Waals surface area contributed by atoms with Gasteiger partial charge >= 0.3 is 0 Å². The van der Waals surface area contributed by atoms with Crippen LogP contribution in [0.15, 0.2) is 261 Å². The van der Waals surface area contributed by atoms with Crippen molar-refractivity contribution in [3.63, 3.8) is 0 Å². The fraction of sp³-hybridized carbons (Fsp3) is 0. The van der Waals surface area contributed by atoms with Gasteiger partial charge in [0, 0.05) is 45.4 Å². The van der Waals surface area contributed by atoms with E-state index >= 15 is 0 Å². The van der Waals surface area contributed by atoms with E-state index in [1.807, 2.05) is 73.1 Å². The van der Waals surface area contributed by atoms with Crippen LogP contribution in [0.4, 0.5) is 0 Å². The topological polar surface area (TPSA) is 64.5 Å². The van der Waals surface area contributed by atoms with E-state index in [4.69, 9.17) is 19.9 Å². The number of aromatic nitrogens is 5. The SMILES string of the molecule is c1ccc(-c2nc(-c3ccccc3)nc(-c3cccc(-c4cccc(-c5cc(-c6cccc7cc(-c8nc9ccccc9c9ccncc89)ccc67)cc(-c6c7ccccc7cc7ccccc67)c5)c4)c3)n2)cc1. The Hall–Kier alpha value is -9.97. The standard InChI is InChI=1S/C69H43N5/c1-3-16-44(17-4-1)67-72-68(45-18-5-2-6-19-45)74-69(73-67)53-26-14-23-47(37-53)46-22-13-24-48(36-46)54-40-55(42-56(41-54)65-59-27-9-7-20-50(59)38-51-21-8-10-28-60(51)65)57-30-15-25-49-39-52(32-33-58(49)57)66-63-43-70-35-34-61(63)62-29-11-12-31-64(62)71-66/h1-43H. The van der Waals surface area contributed by atoms with Crippen LogP contribution in [0.25, 0.3) is 144 Å². The minimum absolute atomic E-state index is 0.622. The van der Waals surface area contributed by atoms with Gasteiger partial charge in [0.05, 0.1) is 11.2 Å². The van der Waals surface area contributed by atoms with Gasteiger partial charge in [-0.2, -0.15) is 0 Å². The Morgan fingerprint density at radius 3 is 1.45 bits per heavy atom. The van der Waals surface area contributed by atoms with E-state index in [1.54, 1.807) is 0 Å². The summed E-state index contributed by atoms with van der Waals surface area (Å²) in [5, 5.41) is 10.5. The Balaban J connectivity index is 0.922. The van der Waals surface area contributed by atoms with Gasteiger partial charge in [0.15, 0.2) is 17.5 Å². The molecule has 0 aliphatic rings. The number of nitrogens with zero attached hydrogens (tertiary/aromatic N) is 5. The molecular formula is C69H43N5. The number of para-hydroxylation sites is 1. The molecule has 344 valence electrons. The number of benzene rings is 11. The summed E-state index contributed by atoms with van der Waals surface area (Å²) in [6, 6.07) is 88.5. The van der Waals surface area contributed by atoms with E-state index in [-0.39, 0.29) is 0 Å². The summed E-state index contributed by atoms with van der Waals surface area (Å²) >= 11 is 0. The third-order valence-corrected chi connectivity index (χ3v) is 14.3. The minimum Gasteiger partial charge on any atom is -0.264 e. The van der Waals surface area contributed by atoms with Crippen molar-refractivity contribution in [1.82, 2.24) is 24.9 Å². The highest BCUT2D eigenvalue weighted by molar-refractivity contribution is 6.14. The van der Waals surface area contributed by atoms with Crippen molar-refractivity contribution in [2.75, 3.05) is 0 Å². The molecule has 0 unspecified atom stereocenters. The lowest BCUT2D eigenvalue weighted by Crippen LogP contribution is -2.00. The molecule has 11 aromatic carbocycles. The largest absolute Gasteiger partial charge is 0.264 e. The Morgan fingerprint density at radius 2 is 0.743 bits per heavy atom. The number of pyridine rings is 2. The van der Waals surface area contributed by atoms with E-state index in [0.717, 1.165) is 94.0 Å². The summed E-state index contributed by atoms with van der Waals surface area (Å²) in [7, 11) is 0. The molecule has 14 aromatic rings. The molecule has 5 nitrogen and oxygen atoms in total. The first kappa shape index (κ1) is 42.9. The van der Waals surface area contributed by atoms with Gasteiger partial charge < -0.3 is 0 Å². The highest BCUT2D eigenvalue weighted by Crippen LogP contribution is 2.43. The molecule has 0 aliphatic carbocycles. The molecule has 0 bridgehead atoms. The Morgan fingerprint density at radius 1 is 0.243 bits per heavy atom. The lowest BCUT2D eigenvalue weighted by Gasteiger charge is -2.17. The quantitative estimate of drug-likeness (QED) is 0.112. The second-order valence-electron chi connectivity index (χ2n) is 18.8. The van der Waals surface area contributed by atoms with Crippen molar-refractivity contribution < 1.29 is 0 Å². The summed E-state index contributed by atoms with van der Waals surface area (Å²) in [5.41, 5.74) is 14.8. The second kappa shape index (κ2) is 18.0. The molecule has 0 fully saturated rings. The lowest BCUT2D eigenvalue weighted by atomic mass is 9.87. The van der Waals surface area contributed by atoms with Crippen molar-refractivity contribution in [1.29, 1.82) is 0 Å². The first-order chi connectivity index (χ1) is 36.6. The molecule has 0 aliphatic heterocycles. The Labute approximate surface area is 427 Å². The van der Waals surface area contributed by atoms with Crippen LogP contribution >= 0.6 is 0 Å². The maximum absolute atomic E-state index is 5.23. The zero-order valence-corrected chi connectivity index (χ0v) is 40.1. The van der Waals surface area contributed by atoms with Crippen molar-refractivity contribution >= 4 is 54.0 Å². The average Bonchev–Trinajstić information content (AvgIpc) is 3.50. The molecule has 3 aromatic heterocycles. The molecule has 0 N–H and O–H groups in total. The molecule has 0 saturated heterocycles. The van der Waals surface area contributed by atoms with Gasteiger partial charge in [-0.1, -0.05) is 194 Å². The molecular weight excluding hydrogens is 899 g/mol. The van der Waals surface area contributed by atoms with Crippen molar-refractivity contribution in [2.45, 2.75) is 0 Å². The van der Waals surface area contributed by atoms with Crippen LogP contribution in [-0.2, 0) is 0 Å². The number of hydrogen-bond acceptors (Lipinski definition) is 5. The van der Waals surface area contributed by atoms with Crippen LogP contribution in [0.2, 0.25) is 0 Å². The highest BCUT2D eigenvalue weighted by Gasteiger charge is 2.18. The molecule has 14 rings (SSSR count). The third-order valence-electron chi connectivity index (χ3n) is 14.3. The first-order valence-corrected chi connectivity index (χ1v) is 25.0. The van der Waals surface area contributed by atoms with E-state index in [9.17, 15) is 0 Å². The molecule has 5 heteroatoms. The van der Waals surface area contributed by atoms with Crippen LogP contribution in [0, 0.1) is 0 Å². The molecule has 0 radical (unpaired) electrons. The van der Waals surface area contributed by atoms with Crippen LogP contribution in [0.3, 0.4) is 0 Å². The van der Waals surface area contributed by atoms with Gasteiger partial charge in [-0.15, -0.1) is 0 Å². The summed E-state index contributed by atoms with van der Waals surface area (Å²) in [6.07, 6.45) is 3.81. The summed E-state index contributed by atoms with van der Waals surface area (Å²) < 4.78 is 0. The van der Waals surface area contributed by atoms with E-state index in [0.29, 0.717) is 17.5 Å². The van der Waals surface area contributed by atoms with E-state index < -0.39 is 0 Å². The second-order valence-corrected chi connectivity index (χ2v) is 18.8. The molecule has 0 spiro atoms. The molecule has 0 saturated carbocycles. The average molecular weight is 942 g/mol. The maximum Gasteiger partial charge on any atom is 0.164 e. The van der Waals surface area contributed by atoms with E-state index in [2.05, 4.69) is 193 Å². The smallest absolute Gasteiger partial charge is 0.164 e. The van der Waals surface area contributed by atoms with Gasteiger partial charge in [-0.3, -0.25) is 4.98 Å².